The molecule has 0 unspecified atom stereocenters. The van der Waals surface area contributed by atoms with Gasteiger partial charge in [0.15, 0.2) is 0 Å². The topological polar surface area (TPSA) is 65.4 Å². The SMILES string of the molecule is COc1ccc2c(ccn2CCNC(=O)OC(C)(C)C)n1. The van der Waals surface area contributed by atoms with E-state index >= 15 is 0 Å². The van der Waals surface area contributed by atoms with Crippen molar-refractivity contribution in [2.24, 2.45) is 0 Å². The van der Waals surface area contributed by atoms with Crippen LogP contribution in [0.5, 0.6) is 5.88 Å². The maximum Gasteiger partial charge on any atom is 0.407 e. The molecule has 6 heteroatoms. The van der Waals surface area contributed by atoms with Crippen LogP contribution in [0.25, 0.3) is 11.0 Å². The number of rotatable bonds is 4. The first kappa shape index (κ1) is 15.2. The van der Waals surface area contributed by atoms with Gasteiger partial charge in [-0.15, -0.1) is 0 Å². The molecule has 2 rings (SSSR count). The van der Waals surface area contributed by atoms with E-state index in [1.165, 1.54) is 0 Å². The largest absolute Gasteiger partial charge is 0.481 e. The summed E-state index contributed by atoms with van der Waals surface area (Å²) in [5.41, 5.74) is 1.39. The fourth-order valence-electron chi connectivity index (χ4n) is 1.96. The zero-order valence-corrected chi connectivity index (χ0v) is 12.8. The molecule has 0 radical (unpaired) electrons. The molecule has 1 N–H and O–H groups in total. The number of alkyl carbamates (subject to hydrolysis) is 1. The Morgan fingerprint density at radius 3 is 2.76 bits per heavy atom. The Bertz CT molecular complexity index is 629. The Hall–Kier alpha value is -2.24. The summed E-state index contributed by atoms with van der Waals surface area (Å²) in [6.45, 7) is 6.66. The van der Waals surface area contributed by atoms with Crippen molar-refractivity contribution in [2.75, 3.05) is 13.7 Å². The highest BCUT2D eigenvalue weighted by Gasteiger charge is 2.15. The molecule has 0 aliphatic carbocycles. The Morgan fingerprint density at radius 2 is 2.10 bits per heavy atom. The molecule has 21 heavy (non-hydrogen) atoms. The van der Waals surface area contributed by atoms with Crippen molar-refractivity contribution in [3.05, 3.63) is 24.4 Å². The normalized spacial score (nSPS) is 11.4. The molecule has 0 aromatic carbocycles. The summed E-state index contributed by atoms with van der Waals surface area (Å²) in [5.74, 6) is 0.590. The molecule has 0 aliphatic heterocycles. The minimum absolute atomic E-state index is 0.404. The van der Waals surface area contributed by atoms with Gasteiger partial charge in [0, 0.05) is 25.4 Å². The molecule has 1 amide bonds. The maximum atomic E-state index is 11.6. The second-order valence-corrected chi connectivity index (χ2v) is 5.70. The average Bonchev–Trinajstić information content (AvgIpc) is 2.79. The fourth-order valence-corrected chi connectivity index (χ4v) is 1.96. The van der Waals surface area contributed by atoms with Crippen LogP contribution in [0, 0.1) is 0 Å². The van der Waals surface area contributed by atoms with Crippen LogP contribution in [0.4, 0.5) is 4.79 Å². The molecule has 2 aromatic rings. The first-order valence-corrected chi connectivity index (χ1v) is 6.86. The fraction of sp³-hybridized carbons (Fsp3) is 0.467. The molecule has 6 nitrogen and oxygen atoms in total. The van der Waals surface area contributed by atoms with Gasteiger partial charge in [0.25, 0.3) is 0 Å². The maximum absolute atomic E-state index is 11.6. The first-order chi connectivity index (χ1) is 9.89. The van der Waals surface area contributed by atoms with Crippen molar-refractivity contribution in [1.29, 1.82) is 0 Å². The van der Waals surface area contributed by atoms with E-state index in [1.807, 2.05) is 49.7 Å². The number of hydrogen-bond donors (Lipinski definition) is 1. The van der Waals surface area contributed by atoms with Gasteiger partial charge in [-0.1, -0.05) is 0 Å². The number of pyridine rings is 1. The number of aromatic nitrogens is 2. The standard InChI is InChI=1S/C15H21N3O3/c1-15(2,3)21-14(19)16-8-10-18-9-7-11-12(18)5-6-13(17-11)20-4/h5-7,9H,8,10H2,1-4H3,(H,16,19). The third kappa shape index (κ3) is 4.11. The van der Waals surface area contributed by atoms with Crippen molar-refractivity contribution >= 4 is 17.1 Å². The van der Waals surface area contributed by atoms with Gasteiger partial charge in [-0.25, -0.2) is 9.78 Å². The van der Waals surface area contributed by atoms with Gasteiger partial charge in [0.2, 0.25) is 5.88 Å². The van der Waals surface area contributed by atoms with Crippen LogP contribution >= 0.6 is 0 Å². The van der Waals surface area contributed by atoms with E-state index in [0.29, 0.717) is 19.0 Å². The van der Waals surface area contributed by atoms with Gasteiger partial charge in [0.05, 0.1) is 18.1 Å². The molecule has 0 aliphatic rings. The predicted molar refractivity (Wildman–Crippen MR) is 80.5 cm³/mol. The molecule has 2 aromatic heterocycles. The number of carbonyl (C=O) groups excluding carboxylic acids is 1. The van der Waals surface area contributed by atoms with Crippen molar-refractivity contribution in [3.8, 4) is 5.88 Å². The minimum Gasteiger partial charge on any atom is -0.481 e. The number of amides is 1. The third-order valence-corrected chi connectivity index (χ3v) is 2.83. The van der Waals surface area contributed by atoms with Gasteiger partial charge >= 0.3 is 6.09 Å². The zero-order valence-electron chi connectivity index (χ0n) is 12.8. The lowest BCUT2D eigenvalue weighted by atomic mass is 10.2. The molecule has 0 atom stereocenters. The number of methoxy groups -OCH3 is 1. The molecule has 114 valence electrons. The number of carbonyl (C=O) groups is 1. The van der Waals surface area contributed by atoms with E-state index in [4.69, 9.17) is 9.47 Å². The number of nitrogens with one attached hydrogen (secondary N) is 1. The van der Waals surface area contributed by atoms with Gasteiger partial charge in [0.1, 0.15) is 5.60 Å². The summed E-state index contributed by atoms with van der Waals surface area (Å²) in [5, 5.41) is 2.74. The molecule has 0 saturated heterocycles. The minimum atomic E-state index is -0.481. The van der Waals surface area contributed by atoms with Crippen molar-refractivity contribution < 1.29 is 14.3 Å². The van der Waals surface area contributed by atoms with E-state index in [0.717, 1.165) is 11.0 Å². The monoisotopic (exact) mass is 291 g/mol. The molecule has 2 heterocycles. The van der Waals surface area contributed by atoms with Crippen molar-refractivity contribution in [2.45, 2.75) is 32.9 Å². The smallest absolute Gasteiger partial charge is 0.407 e. The van der Waals surface area contributed by atoms with Crippen LogP contribution in [0.2, 0.25) is 0 Å². The van der Waals surface area contributed by atoms with Gasteiger partial charge in [-0.05, 0) is 32.9 Å². The second-order valence-electron chi connectivity index (χ2n) is 5.70. The highest BCUT2D eigenvalue weighted by molar-refractivity contribution is 5.76. The van der Waals surface area contributed by atoms with Gasteiger partial charge < -0.3 is 19.4 Å². The van der Waals surface area contributed by atoms with E-state index in [1.54, 1.807) is 7.11 Å². The highest BCUT2D eigenvalue weighted by Crippen LogP contribution is 2.17. The molecular weight excluding hydrogens is 270 g/mol. The molecule has 0 bridgehead atoms. The Balaban J connectivity index is 1.93. The van der Waals surface area contributed by atoms with E-state index in [-0.39, 0.29) is 0 Å². The van der Waals surface area contributed by atoms with Crippen LogP contribution < -0.4 is 10.1 Å². The predicted octanol–water partition coefficient (Wildman–Crippen LogP) is 2.57. The summed E-state index contributed by atoms with van der Waals surface area (Å²) >= 11 is 0. The first-order valence-electron chi connectivity index (χ1n) is 6.86. The summed E-state index contributed by atoms with van der Waals surface area (Å²) in [4.78, 5) is 15.9. The third-order valence-electron chi connectivity index (χ3n) is 2.83. The Morgan fingerprint density at radius 1 is 1.33 bits per heavy atom. The van der Waals surface area contributed by atoms with E-state index in [9.17, 15) is 4.79 Å². The van der Waals surface area contributed by atoms with Gasteiger partial charge in [-0.3, -0.25) is 0 Å². The zero-order chi connectivity index (χ0) is 15.5. The molecule has 0 saturated carbocycles. The van der Waals surface area contributed by atoms with Crippen LogP contribution in [0.1, 0.15) is 20.8 Å². The summed E-state index contributed by atoms with van der Waals surface area (Å²) in [7, 11) is 1.59. The lowest BCUT2D eigenvalue weighted by Gasteiger charge is -2.19. The summed E-state index contributed by atoms with van der Waals surface area (Å²) in [6, 6.07) is 5.69. The quantitative estimate of drug-likeness (QED) is 0.940. The van der Waals surface area contributed by atoms with Crippen LogP contribution in [0.3, 0.4) is 0 Å². The van der Waals surface area contributed by atoms with Crippen molar-refractivity contribution in [1.82, 2.24) is 14.9 Å². The number of hydrogen-bond acceptors (Lipinski definition) is 4. The van der Waals surface area contributed by atoms with Crippen LogP contribution in [-0.4, -0.2) is 34.9 Å². The highest BCUT2D eigenvalue weighted by atomic mass is 16.6. The molecule has 0 fully saturated rings. The summed E-state index contributed by atoms with van der Waals surface area (Å²) in [6.07, 6.45) is 1.53. The lowest BCUT2D eigenvalue weighted by Crippen LogP contribution is -2.34. The number of ether oxygens (including phenoxy) is 2. The Labute approximate surface area is 124 Å². The summed E-state index contributed by atoms with van der Waals surface area (Å²) < 4.78 is 12.3. The lowest BCUT2D eigenvalue weighted by molar-refractivity contribution is 0.0526. The second kappa shape index (κ2) is 6.03. The van der Waals surface area contributed by atoms with Crippen molar-refractivity contribution in [3.63, 3.8) is 0 Å². The van der Waals surface area contributed by atoms with E-state index < -0.39 is 11.7 Å². The average molecular weight is 291 g/mol. The van der Waals surface area contributed by atoms with Crippen LogP contribution in [0.15, 0.2) is 24.4 Å². The molecular formula is C15H21N3O3. The van der Waals surface area contributed by atoms with Crippen LogP contribution in [-0.2, 0) is 11.3 Å². The number of fused-ring (bicyclic) bond motifs is 1. The number of nitrogens with zero attached hydrogens (tertiary/aromatic N) is 2. The van der Waals surface area contributed by atoms with Gasteiger partial charge in [-0.2, -0.15) is 0 Å². The van der Waals surface area contributed by atoms with E-state index in [2.05, 4.69) is 10.3 Å². The molecule has 0 spiro atoms. The Kier molecular flexibility index (Phi) is 4.35.